The van der Waals surface area contributed by atoms with Gasteiger partial charge in [0, 0.05) is 31.6 Å². The number of aromatic nitrogens is 4. The standard InChI is InChI=1S/C18H22F4N6O/c19-17(20)3-1-10(2-4-17)14(23)13-8-28-16(26-13)24-7-12(27-28)5-11-6-18(21,22)9-25-15(11)29/h7-8,10-11,14H,1-6,9,23H2,(H,25,29)/t11?,14-/m0/s1. The molecule has 1 aliphatic carbocycles. The third-order valence-corrected chi connectivity index (χ3v) is 5.76. The van der Waals surface area contributed by atoms with Crippen molar-refractivity contribution >= 4 is 11.7 Å². The molecule has 2 aromatic rings. The number of alkyl halides is 4. The molecule has 1 unspecified atom stereocenters. The Balaban J connectivity index is 1.48. The molecule has 1 saturated carbocycles. The average molecular weight is 414 g/mol. The quantitative estimate of drug-likeness (QED) is 0.748. The number of carbonyl (C=O) groups excluding carboxylic acids is 1. The predicted molar refractivity (Wildman–Crippen MR) is 94.4 cm³/mol. The molecule has 29 heavy (non-hydrogen) atoms. The van der Waals surface area contributed by atoms with Gasteiger partial charge in [-0.3, -0.25) is 4.79 Å². The summed E-state index contributed by atoms with van der Waals surface area (Å²) < 4.78 is 55.3. The molecule has 0 spiro atoms. The highest BCUT2D eigenvalue weighted by molar-refractivity contribution is 5.79. The largest absolute Gasteiger partial charge is 0.350 e. The van der Waals surface area contributed by atoms with E-state index in [2.05, 4.69) is 20.4 Å². The summed E-state index contributed by atoms with van der Waals surface area (Å²) in [6.45, 7) is -0.650. The van der Waals surface area contributed by atoms with Crippen LogP contribution in [0.15, 0.2) is 12.4 Å². The number of piperidine rings is 1. The lowest BCUT2D eigenvalue weighted by molar-refractivity contribution is -0.136. The van der Waals surface area contributed by atoms with Crippen LogP contribution in [-0.4, -0.2) is 43.9 Å². The first-order chi connectivity index (χ1) is 13.6. The van der Waals surface area contributed by atoms with E-state index in [1.54, 1.807) is 6.20 Å². The number of amides is 1. The van der Waals surface area contributed by atoms with E-state index >= 15 is 0 Å². The average Bonchev–Trinajstić information content (AvgIpc) is 3.07. The summed E-state index contributed by atoms with van der Waals surface area (Å²) in [5, 5.41) is 6.53. The zero-order valence-corrected chi connectivity index (χ0v) is 15.6. The van der Waals surface area contributed by atoms with E-state index in [0.29, 0.717) is 24.2 Å². The molecule has 2 fully saturated rings. The smallest absolute Gasteiger partial charge is 0.265 e. The minimum Gasteiger partial charge on any atom is -0.350 e. The fourth-order valence-corrected chi connectivity index (χ4v) is 4.06. The van der Waals surface area contributed by atoms with E-state index in [4.69, 9.17) is 5.73 Å². The van der Waals surface area contributed by atoms with Gasteiger partial charge in [0.05, 0.1) is 36.4 Å². The van der Waals surface area contributed by atoms with Crippen LogP contribution in [0.1, 0.15) is 49.5 Å². The summed E-state index contributed by atoms with van der Waals surface area (Å²) >= 11 is 0. The van der Waals surface area contributed by atoms with Crippen LogP contribution in [0, 0.1) is 11.8 Å². The molecule has 11 heteroatoms. The molecule has 4 rings (SSSR count). The second-order valence-electron chi connectivity index (χ2n) is 8.06. The summed E-state index contributed by atoms with van der Waals surface area (Å²) in [5.41, 5.74) is 7.12. The molecule has 2 aromatic heterocycles. The topological polar surface area (TPSA) is 98.2 Å². The Morgan fingerprint density at radius 2 is 1.97 bits per heavy atom. The maximum Gasteiger partial charge on any atom is 0.265 e. The van der Waals surface area contributed by atoms with Gasteiger partial charge >= 0.3 is 0 Å². The fraction of sp³-hybridized carbons (Fsp3) is 0.667. The van der Waals surface area contributed by atoms with E-state index in [1.807, 2.05) is 0 Å². The van der Waals surface area contributed by atoms with Crippen LogP contribution >= 0.6 is 0 Å². The van der Waals surface area contributed by atoms with Crippen LogP contribution in [0.25, 0.3) is 5.78 Å². The monoisotopic (exact) mass is 414 g/mol. The van der Waals surface area contributed by atoms with Gasteiger partial charge in [-0.2, -0.15) is 5.10 Å². The number of imidazole rings is 1. The Bertz CT molecular complexity index is 907. The Morgan fingerprint density at radius 3 is 2.69 bits per heavy atom. The lowest BCUT2D eigenvalue weighted by Gasteiger charge is -2.31. The summed E-state index contributed by atoms with van der Waals surface area (Å²) in [7, 11) is 0. The Morgan fingerprint density at radius 1 is 1.24 bits per heavy atom. The van der Waals surface area contributed by atoms with E-state index < -0.39 is 42.7 Å². The number of hydrogen-bond acceptors (Lipinski definition) is 5. The van der Waals surface area contributed by atoms with Crippen molar-refractivity contribution in [2.45, 2.75) is 56.4 Å². The van der Waals surface area contributed by atoms with Crippen molar-refractivity contribution in [2.75, 3.05) is 6.54 Å². The molecule has 2 aliphatic rings. The number of nitrogens with one attached hydrogen (secondary N) is 1. The van der Waals surface area contributed by atoms with Gasteiger partial charge in [-0.05, 0) is 18.8 Å². The second kappa shape index (κ2) is 7.19. The van der Waals surface area contributed by atoms with Crippen molar-refractivity contribution in [2.24, 2.45) is 17.6 Å². The van der Waals surface area contributed by atoms with Crippen molar-refractivity contribution in [3.05, 3.63) is 23.8 Å². The van der Waals surface area contributed by atoms with Crippen LogP contribution in [-0.2, 0) is 11.2 Å². The maximum absolute atomic E-state index is 13.6. The molecule has 0 bridgehead atoms. The van der Waals surface area contributed by atoms with Crippen molar-refractivity contribution in [1.82, 2.24) is 24.9 Å². The molecule has 0 radical (unpaired) electrons. The fourth-order valence-electron chi connectivity index (χ4n) is 4.06. The van der Waals surface area contributed by atoms with Crippen molar-refractivity contribution in [3.63, 3.8) is 0 Å². The normalized spacial score (nSPS) is 25.7. The molecule has 158 valence electrons. The number of nitrogens with two attached hydrogens (primary N) is 1. The van der Waals surface area contributed by atoms with Crippen LogP contribution in [0.2, 0.25) is 0 Å². The second-order valence-corrected chi connectivity index (χ2v) is 8.06. The summed E-state index contributed by atoms with van der Waals surface area (Å²) in [4.78, 5) is 20.4. The molecule has 3 heterocycles. The zero-order chi connectivity index (χ0) is 20.8. The van der Waals surface area contributed by atoms with Crippen molar-refractivity contribution < 1.29 is 22.4 Å². The predicted octanol–water partition coefficient (Wildman–Crippen LogP) is 2.26. The Labute approximate surface area is 164 Å². The molecule has 1 amide bonds. The lowest BCUT2D eigenvalue weighted by Crippen LogP contribution is -2.48. The molecule has 7 nitrogen and oxygen atoms in total. The van der Waals surface area contributed by atoms with Gasteiger partial charge in [0.25, 0.3) is 11.7 Å². The summed E-state index contributed by atoms with van der Waals surface area (Å²) in [6, 6.07) is -0.513. The first kappa shape index (κ1) is 20.0. The zero-order valence-electron chi connectivity index (χ0n) is 15.6. The molecule has 2 atom stereocenters. The van der Waals surface area contributed by atoms with Gasteiger partial charge in [-0.15, -0.1) is 0 Å². The maximum atomic E-state index is 13.6. The highest BCUT2D eigenvalue weighted by atomic mass is 19.3. The van der Waals surface area contributed by atoms with Crippen molar-refractivity contribution in [3.8, 4) is 0 Å². The number of halogens is 4. The first-order valence-corrected chi connectivity index (χ1v) is 9.62. The summed E-state index contributed by atoms with van der Waals surface area (Å²) in [6.07, 6.45) is 2.74. The third-order valence-electron chi connectivity index (χ3n) is 5.76. The van der Waals surface area contributed by atoms with Crippen molar-refractivity contribution in [1.29, 1.82) is 0 Å². The van der Waals surface area contributed by atoms with E-state index in [-0.39, 0.29) is 31.0 Å². The van der Waals surface area contributed by atoms with Gasteiger partial charge in [0.1, 0.15) is 0 Å². The minimum atomic E-state index is -2.94. The van der Waals surface area contributed by atoms with Crippen LogP contribution < -0.4 is 11.1 Å². The molecule has 1 aliphatic heterocycles. The summed E-state index contributed by atoms with van der Waals surface area (Å²) in [5.74, 6) is -6.72. The number of fused-ring (bicyclic) bond motifs is 1. The highest BCUT2D eigenvalue weighted by Gasteiger charge is 2.41. The van der Waals surface area contributed by atoms with Crippen LogP contribution in [0.5, 0.6) is 0 Å². The SMILES string of the molecule is N[C@H](c1cn2nc(CC3CC(F)(F)CNC3=O)cnc2n1)C1CCC(F)(F)CC1. The van der Waals surface area contributed by atoms with Gasteiger partial charge in [-0.25, -0.2) is 32.0 Å². The number of rotatable bonds is 4. The highest BCUT2D eigenvalue weighted by Crippen LogP contribution is 2.40. The first-order valence-electron chi connectivity index (χ1n) is 9.62. The van der Waals surface area contributed by atoms with Gasteiger partial charge in [0.2, 0.25) is 11.8 Å². The molecule has 3 N–H and O–H groups in total. The lowest BCUT2D eigenvalue weighted by atomic mass is 9.81. The number of hydrogen-bond donors (Lipinski definition) is 2. The Hall–Kier alpha value is -2.30. The Kier molecular flexibility index (Phi) is 4.96. The molecular weight excluding hydrogens is 392 g/mol. The van der Waals surface area contributed by atoms with E-state index in [9.17, 15) is 22.4 Å². The molecular formula is C18H22F4N6O. The minimum absolute atomic E-state index is 0.0294. The van der Waals surface area contributed by atoms with E-state index in [0.717, 1.165) is 0 Å². The van der Waals surface area contributed by atoms with Crippen LogP contribution in [0.4, 0.5) is 17.6 Å². The van der Waals surface area contributed by atoms with Gasteiger partial charge in [-0.1, -0.05) is 0 Å². The molecule has 1 saturated heterocycles. The van der Waals surface area contributed by atoms with Gasteiger partial charge < -0.3 is 11.1 Å². The number of nitrogens with zero attached hydrogens (tertiary/aromatic N) is 4. The third kappa shape index (κ3) is 4.34. The molecule has 0 aromatic carbocycles. The van der Waals surface area contributed by atoms with Gasteiger partial charge in [0.15, 0.2) is 0 Å². The van der Waals surface area contributed by atoms with E-state index in [1.165, 1.54) is 10.7 Å². The van der Waals surface area contributed by atoms with Crippen LogP contribution in [0.3, 0.4) is 0 Å². The number of carbonyl (C=O) groups is 1.